The molecule has 2 unspecified atom stereocenters. The van der Waals surface area contributed by atoms with Crippen molar-refractivity contribution in [1.82, 2.24) is 15.0 Å². The number of thiophene rings is 1. The van der Waals surface area contributed by atoms with Gasteiger partial charge in [0.2, 0.25) is 5.91 Å². The minimum atomic E-state index is -0.748. The van der Waals surface area contributed by atoms with E-state index in [0.29, 0.717) is 16.1 Å². The number of aryl methyl sites for hydroxylation is 3. The summed E-state index contributed by atoms with van der Waals surface area (Å²) in [5.41, 5.74) is 3.92. The van der Waals surface area contributed by atoms with E-state index in [9.17, 15) is 9.59 Å². The Balaban J connectivity index is 1.69. The number of rotatable bonds is 5. The first-order valence-corrected chi connectivity index (χ1v) is 11.6. The number of hydrogen-bond acceptors (Lipinski definition) is 5. The summed E-state index contributed by atoms with van der Waals surface area (Å²) in [7, 11) is 0. The smallest absolute Gasteiger partial charge is 0.279 e. The van der Waals surface area contributed by atoms with Crippen LogP contribution in [0.25, 0.3) is 10.2 Å². The number of nitrogens with zero attached hydrogens (tertiary/aromatic N) is 3. The number of nitrogens with one attached hydrogen (secondary N) is 1. The Morgan fingerprint density at radius 3 is 2.67 bits per heavy atom. The Morgan fingerprint density at radius 1 is 1.30 bits per heavy atom. The molecule has 2 atom stereocenters. The second-order valence-corrected chi connectivity index (χ2v) is 9.28. The van der Waals surface area contributed by atoms with E-state index < -0.39 is 6.04 Å². The van der Waals surface area contributed by atoms with Crippen molar-refractivity contribution in [3.63, 3.8) is 0 Å². The van der Waals surface area contributed by atoms with Crippen LogP contribution in [0.1, 0.15) is 61.7 Å². The van der Waals surface area contributed by atoms with Gasteiger partial charge in [-0.1, -0.05) is 44.2 Å². The van der Waals surface area contributed by atoms with Gasteiger partial charge in [0.15, 0.2) is 4.83 Å². The number of fused-ring (bicyclic) bond motifs is 3. The van der Waals surface area contributed by atoms with E-state index in [1.54, 1.807) is 18.3 Å². The Bertz CT molecular complexity index is 1140. The molecule has 2 heterocycles. The summed E-state index contributed by atoms with van der Waals surface area (Å²) in [6.45, 7) is 8.08. The fourth-order valence-electron chi connectivity index (χ4n) is 4.27. The van der Waals surface area contributed by atoms with Gasteiger partial charge in [-0.2, -0.15) is 4.68 Å². The number of carbonyl (C=O) groups excluding carboxylic acids is 1. The van der Waals surface area contributed by atoms with E-state index in [4.69, 9.17) is 0 Å². The Labute approximate surface area is 180 Å². The Hall–Kier alpha value is -2.54. The van der Waals surface area contributed by atoms with Gasteiger partial charge in [-0.3, -0.25) is 9.59 Å². The Morgan fingerprint density at radius 2 is 2.00 bits per heavy atom. The predicted octanol–water partition coefficient (Wildman–Crippen LogP) is 4.30. The molecule has 1 aliphatic rings. The number of benzene rings is 1. The standard InChI is InChI=1S/C23H28N4O2S/c1-5-15-8-7-9-16(6-2)20(15)24-21(28)14(4)27-23(29)19-17-11-10-13(3)12-18(17)30-22(19)25-26-27/h7-9,13-14H,5-6,10-12H2,1-4H3,(H,24,28). The second kappa shape index (κ2) is 8.30. The summed E-state index contributed by atoms with van der Waals surface area (Å²) in [5.74, 6) is 0.371. The molecule has 0 aliphatic heterocycles. The number of amides is 1. The predicted molar refractivity (Wildman–Crippen MR) is 121 cm³/mol. The molecule has 2 aromatic heterocycles. The third kappa shape index (κ3) is 3.55. The van der Waals surface area contributed by atoms with Crippen LogP contribution in [0.5, 0.6) is 0 Å². The summed E-state index contributed by atoms with van der Waals surface area (Å²) in [6.07, 6.45) is 4.59. The van der Waals surface area contributed by atoms with Gasteiger partial charge >= 0.3 is 0 Å². The normalized spacial score (nSPS) is 17.0. The lowest BCUT2D eigenvalue weighted by Gasteiger charge is -2.18. The summed E-state index contributed by atoms with van der Waals surface area (Å²) in [5, 5.41) is 12.1. The van der Waals surface area contributed by atoms with Crippen LogP contribution in [0.3, 0.4) is 0 Å². The average Bonchev–Trinajstić information content (AvgIpc) is 3.11. The van der Waals surface area contributed by atoms with E-state index in [1.165, 1.54) is 9.56 Å². The molecule has 0 saturated carbocycles. The Kier molecular flexibility index (Phi) is 5.73. The fraction of sp³-hybridized carbons (Fsp3) is 0.478. The quantitative estimate of drug-likeness (QED) is 0.662. The third-order valence-corrected chi connectivity index (χ3v) is 7.28. The number of para-hydroxylation sites is 1. The van der Waals surface area contributed by atoms with Gasteiger partial charge in [-0.05, 0) is 61.6 Å². The largest absolute Gasteiger partial charge is 0.324 e. The molecule has 0 spiro atoms. The van der Waals surface area contributed by atoms with E-state index >= 15 is 0 Å². The molecule has 0 bridgehead atoms. The van der Waals surface area contributed by atoms with E-state index in [0.717, 1.165) is 54.5 Å². The van der Waals surface area contributed by atoms with Crippen molar-refractivity contribution in [2.24, 2.45) is 5.92 Å². The molecule has 7 heteroatoms. The highest BCUT2D eigenvalue weighted by atomic mass is 32.1. The zero-order chi connectivity index (χ0) is 21.4. The molecule has 30 heavy (non-hydrogen) atoms. The highest BCUT2D eigenvalue weighted by Crippen LogP contribution is 2.35. The average molecular weight is 425 g/mol. The zero-order valence-corrected chi connectivity index (χ0v) is 18.8. The lowest BCUT2D eigenvalue weighted by molar-refractivity contribution is -0.119. The van der Waals surface area contributed by atoms with Gasteiger partial charge in [0, 0.05) is 10.6 Å². The lowest BCUT2D eigenvalue weighted by atomic mass is 9.89. The van der Waals surface area contributed by atoms with Crippen LogP contribution < -0.4 is 10.9 Å². The molecule has 4 rings (SSSR count). The van der Waals surface area contributed by atoms with Crippen molar-refractivity contribution in [2.75, 3.05) is 5.32 Å². The van der Waals surface area contributed by atoms with E-state index in [1.807, 2.05) is 18.2 Å². The van der Waals surface area contributed by atoms with Crippen LogP contribution in [0.15, 0.2) is 23.0 Å². The minimum absolute atomic E-state index is 0.214. The van der Waals surface area contributed by atoms with Gasteiger partial charge < -0.3 is 5.32 Å². The maximum Gasteiger partial charge on any atom is 0.279 e. The monoisotopic (exact) mass is 424 g/mol. The summed E-state index contributed by atoms with van der Waals surface area (Å²) in [4.78, 5) is 28.3. The minimum Gasteiger partial charge on any atom is -0.324 e. The topological polar surface area (TPSA) is 76.9 Å². The van der Waals surface area contributed by atoms with Crippen LogP contribution in [0, 0.1) is 5.92 Å². The lowest BCUT2D eigenvalue weighted by Crippen LogP contribution is -2.34. The van der Waals surface area contributed by atoms with Crippen LogP contribution >= 0.6 is 11.3 Å². The SMILES string of the molecule is CCc1cccc(CC)c1NC(=O)C(C)n1nnc2sc3c(c2c1=O)CCC(C)C3. The molecule has 3 aromatic rings. The van der Waals surface area contributed by atoms with Gasteiger partial charge in [0.25, 0.3) is 5.56 Å². The molecule has 1 N–H and O–H groups in total. The molecule has 1 aromatic carbocycles. The summed E-state index contributed by atoms with van der Waals surface area (Å²) >= 11 is 1.57. The van der Waals surface area contributed by atoms with Crippen LogP contribution in [0.2, 0.25) is 0 Å². The first-order valence-electron chi connectivity index (χ1n) is 10.8. The molecular formula is C23H28N4O2S. The first-order chi connectivity index (χ1) is 14.4. The van der Waals surface area contributed by atoms with E-state index in [2.05, 4.69) is 36.4 Å². The van der Waals surface area contributed by atoms with Gasteiger partial charge in [-0.25, -0.2) is 0 Å². The maximum absolute atomic E-state index is 13.3. The summed E-state index contributed by atoms with van der Waals surface area (Å²) < 4.78 is 1.24. The van der Waals surface area contributed by atoms with Crippen molar-refractivity contribution >= 4 is 33.1 Å². The van der Waals surface area contributed by atoms with Crippen LogP contribution in [0.4, 0.5) is 5.69 Å². The van der Waals surface area contributed by atoms with Crippen molar-refractivity contribution in [3.8, 4) is 0 Å². The molecule has 0 radical (unpaired) electrons. The van der Waals surface area contributed by atoms with Crippen molar-refractivity contribution < 1.29 is 4.79 Å². The summed E-state index contributed by atoms with van der Waals surface area (Å²) in [6, 6.07) is 5.31. The van der Waals surface area contributed by atoms with Crippen molar-refractivity contribution in [3.05, 3.63) is 50.1 Å². The fourth-order valence-corrected chi connectivity index (χ4v) is 5.58. The first kappa shape index (κ1) is 20.7. The molecule has 0 saturated heterocycles. The maximum atomic E-state index is 13.3. The zero-order valence-electron chi connectivity index (χ0n) is 18.0. The van der Waals surface area contributed by atoms with Crippen molar-refractivity contribution in [2.45, 2.75) is 65.8 Å². The highest BCUT2D eigenvalue weighted by Gasteiger charge is 2.26. The number of carbonyl (C=O) groups is 1. The molecule has 158 valence electrons. The van der Waals surface area contributed by atoms with Gasteiger partial charge in [-0.15, -0.1) is 16.4 Å². The van der Waals surface area contributed by atoms with Crippen LogP contribution in [-0.2, 0) is 30.5 Å². The van der Waals surface area contributed by atoms with Crippen LogP contribution in [-0.4, -0.2) is 20.9 Å². The molecule has 1 amide bonds. The molecule has 6 nitrogen and oxygen atoms in total. The highest BCUT2D eigenvalue weighted by molar-refractivity contribution is 7.18. The number of aromatic nitrogens is 3. The van der Waals surface area contributed by atoms with Crippen molar-refractivity contribution in [1.29, 1.82) is 0 Å². The molecule has 0 fully saturated rings. The van der Waals surface area contributed by atoms with E-state index in [-0.39, 0.29) is 11.5 Å². The molecule has 1 aliphatic carbocycles. The third-order valence-electron chi connectivity index (χ3n) is 6.14. The van der Waals surface area contributed by atoms with Gasteiger partial charge in [0.05, 0.1) is 5.39 Å². The molecular weight excluding hydrogens is 396 g/mol. The number of hydrogen-bond donors (Lipinski definition) is 1. The second-order valence-electron chi connectivity index (χ2n) is 8.19. The van der Waals surface area contributed by atoms with Gasteiger partial charge in [0.1, 0.15) is 6.04 Å². The number of anilines is 1.